The SMILES string of the molecule is CC(=O)C12CCCCC1CC1CCCCC1C2. The molecule has 3 aliphatic carbocycles. The highest BCUT2D eigenvalue weighted by molar-refractivity contribution is 5.83. The van der Waals surface area contributed by atoms with Crippen molar-refractivity contribution in [3.63, 3.8) is 0 Å². The van der Waals surface area contributed by atoms with Crippen molar-refractivity contribution in [3.8, 4) is 0 Å². The minimum absolute atomic E-state index is 0.122. The third-order valence-electron chi connectivity index (χ3n) is 6.19. The third kappa shape index (κ3) is 1.86. The Morgan fingerprint density at radius 3 is 2.47 bits per heavy atom. The summed E-state index contributed by atoms with van der Waals surface area (Å²) in [4.78, 5) is 12.2. The molecule has 0 heterocycles. The van der Waals surface area contributed by atoms with Crippen molar-refractivity contribution in [1.82, 2.24) is 0 Å². The molecule has 0 radical (unpaired) electrons. The highest BCUT2D eigenvalue weighted by atomic mass is 16.1. The molecular formula is C16H26O. The first kappa shape index (κ1) is 11.7. The second-order valence-corrected chi connectivity index (χ2v) is 6.90. The first-order valence-electron chi connectivity index (χ1n) is 7.73. The zero-order valence-corrected chi connectivity index (χ0v) is 11.2. The van der Waals surface area contributed by atoms with Crippen LogP contribution in [0.1, 0.15) is 71.1 Å². The summed E-state index contributed by atoms with van der Waals surface area (Å²) in [7, 11) is 0. The van der Waals surface area contributed by atoms with Gasteiger partial charge in [0.25, 0.3) is 0 Å². The number of carbonyl (C=O) groups excluding carboxylic acids is 1. The molecule has 0 aromatic heterocycles. The minimum atomic E-state index is 0.122. The van der Waals surface area contributed by atoms with Crippen LogP contribution in [0, 0.1) is 23.2 Å². The fourth-order valence-electron chi connectivity index (χ4n) is 5.23. The van der Waals surface area contributed by atoms with Crippen LogP contribution < -0.4 is 0 Å². The summed E-state index contributed by atoms with van der Waals surface area (Å²) in [5, 5.41) is 0. The van der Waals surface area contributed by atoms with Gasteiger partial charge in [-0.25, -0.2) is 0 Å². The summed E-state index contributed by atoms with van der Waals surface area (Å²) in [6.07, 6.45) is 13.6. The van der Waals surface area contributed by atoms with Crippen molar-refractivity contribution >= 4 is 5.78 Å². The summed E-state index contributed by atoms with van der Waals surface area (Å²) >= 11 is 0. The van der Waals surface area contributed by atoms with Gasteiger partial charge in [-0.2, -0.15) is 0 Å². The Labute approximate surface area is 105 Å². The third-order valence-corrected chi connectivity index (χ3v) is 6.19. The lowest BCUT2D eigenvalue weighted by Gasteiger charge is -2.52. The van der Waals surface area contributed by atoms with E-state index in [1.165, 1.54) is 64.2 Å². The zero-order chi connectivity index (χ0) is 11.9. The highest BCUT2D eigenvalue weighted by Gasteiger charge is 2.51. The Kier molecular flexibility index (Phi) is 3.04. The van der Waals surface area contributed by atoms with Gasteiger partial charge in [0, 0.05) is 5.41 Å². The Hall–Kier alpha value is -0.330. The van der Waals surface area contributed by atoms with Crippen LogP contribution in [0.25, 0.3) is 0 Å². The molecule has 3 fully saturated rings. The molecule has 4 unspecified atom stereocenters. The summed E-state index contributed by atoms with van der Waals surface area (Å²) < 4.78 is 0. The van der Waals surface area contributed by atoms with Crippen LogP contribution in [0.2, 0.25) is 0 Å². The molecule has 1 heteroatoms. The molecule has 96 valence electrons. The molecule has 0 aromatic rings. The maximum Gasteiger partial charge on any atom is 0.136 e. The van der Waals surface area contributed by atoms with Crippen molar-refractivity contribution in [2.75, 3.05) is 0 Å². The van der Waals surface area contributed by atoms with Crippen LogP contribution >= 0.6 is 0 Å². The Balaban J connectivity index is 1.85. The number of hydrogen-bond acceptors (Lipinski definition) is 1. The van der Waals surface area contributed by atoms with Crippen LogP contribution in [0.4, 0.5) is 0 Å². The van der Waals surface area contributed by atoms with Crippen molar-refractivity contribution in [2.45, 2.75) is 71.1 Å². The maximum absolute atomic E-state index is 12.2. The Morgan fingerprint density at radius 2 is 1.71 bits per heavy atom. The monoisotopic (exact) mass is 234 g/mol. The van der Waals surface area contributed by atoms with E-state index in [9.17, 15) is 4.79 Å². The molecule has 3 rings (SSSR count). The second-order valence-electron chi connectivity index (χ2n) is 6.90. The average Bonchev–Trinajstić information content (AvgIpc) is 2.36. The summed E-state index contributed by atoms with van der Waals surface area (Å²) in [5.41, 5.74) is 0.122. The van der Waals surface area contributed by atoms with Crippen LogP contribution in [-0.2, 0) is 4.79 Å². The van der Waals surface area contributed by atoms with Gasteiger partial charge in [0.2, 0.25) is 0 Å². The van der Waals surface area contributed by atoms with Crippen molar-refractivity contribution in [3.05, 3.63) is 0 Å². The lowest BCUT2D eigenvalue weighted by atomic mass is 9.51. The molecule has 0 spiro atoms. The largest absolute Gasteiger partial charge is 0.299 e. The smallest absolute Gasteiger partial charge is 0.136 e. The number of hydrogen-bond donors (Lipinski definition) is 0. The average molecular weight is 234 g/mol. The van der Waals surface area contributed by atoms with Gasteiger partial charge < -0.3 is 0 Å². The van der Waals surface area contributed by atoms with E-state index >= 15 is 0 Å². The first-order valence-corrected chi connectivity index (χ1v) is 7.73. The summed E-state index contributed by atoms with van der Waals surface area (Å²) in [6.45, 7) is 1.88. The standard InChI is InChI=1S/C16H26O/c1-12(17)16-9-5-4-8-15(16)10-13-6-2-3-7-14(13)11-16/h13-15H,2-11H2,1H3. The Morgan fingerprint density at radius 1 is 1.00 bits per heavy atom. The molecule has 0 saturated heterocycles. The van der Waals surface area contributed by atoms with E-state index in [1.54, 1.807) is 0 Å². The molecule has 0 N–H and O–H groups in total. The predicted molar refractivity (Wildman–Crippen MR) is 69.8 cm³/mol. The minimum Gasteiger partial charge on any atom is -0.299 e. The molecule has 3 aliphatic rings. The molecule has 17 heavy (non-hydrogen) atoms. The Bertz CT molecular complexity index is 309. The molecule has 3 saturated carbocycles. The van der Waals surface area contributed by atoms with E-state index in [0.717, 1.165) is 17.8 Å². The van der Waals surface area contributed by atoms with Gasteiger partial charge in [0.1, 0.15) is 5.78 Å². The fraction of sp³-hybridized carbons (Fsp3) is 0.938. The number of ketones is 1. The topological polar surface area (TPSA) is 17.1 Å². The van der Waals surface area contributed by atoms with Gasteiger partial charge >= 0.3 is 0 Å². The number of carbonyl (C=O) groups is 1. The molecule has 0 aliphatic heterocycles. The predicted octanol–water partition coefficient (Wildman–Crippen LogP) is 4.35. The molecule has 0 amide bonds. The number of fused-ring (bicyclic) bond motifs is 2. The zero-order valence-electron chi connectivity index (χ0n) is 11.2. The summed E-state index contributed by atoms with van der Waals surface area (Å²) in [6, 6.07) is 0. The lowest BCUT2D eigenvalue weighted by Crippen LogP contribution is -2.48. The number of rotatable bonds is 1. The molecule has 4 atom stereocenters. The van der Waals surface area contributed by atoms with E-state index in [2.05, 4.69) is 0 Å². The van der Waals surface area contributed by atoms with Crippen molar-refractivity contribution in [1.29, 1.82) is 0 Å². The molecular weight excluding hydrogens is 208 g/mol. The van der Waals surface area contributed by atoms with Crippen LogP contribution in [0.15, 0.2) is 0 Å². The van der Waals surface area contributed by atoms with Gasteiger partial charge in [0.05, 0.1) is 0 Å². The number of Topliss-reactive ketones (excluding diaryl/α,β-unsaturated/α-hetero) is 1. The lowest BCUT2D eigenvalue weighted by molar-refractivity contribution is -0.139. The van der Waals surface area contributed by atoms with E-state index in [0.29, 0.717) is 5.78 Å². The van der Waals surface area contributed by atoms with E-state index in [1.807, 2.05) is 6.92 Å². The highest BCUT2D eigenvalue weighted by Crippen LogP contribution is 2.57. The van der Waals surface area contributed by atoms with Crippen LogP contribution in [-0.4, -0.2) is 5.78 Å². The van der Waals surface area contributed by atoms with Crippen LogP contribution in [0.3, 0.4) is 0 Å². The first-order chi connectivity index (χ1) is 8.22. The summed E-state index contributed by atoms with van der Waals surface area (Å²) in [5.74, 6) is 3.13. The molecule has 1 nitrogen and oxygen atoms in total. The van der Waals surface area contributed by atoms with Gasteiger partial charge in [-0.1, -0.05) is 38.5 Å². The van der Waals surface area contributed by atoms with E-state index < -0.39 is 0 Å². The molecule has 0 bridgehead atoms. The van der Waals surface area contributed by atoms with Crippen LogP contribution in [0.5, 0.6) is 0 Å². The van der Waals surface area contributed by atoms with Crippen molar-refractivity contribution < 1.29 is 4.79 Å². The maximum atomic E-state index is 12.2. The normalized spacial score (nSPS) is 45.8. The second kappa shape index (κ2) is 4.40. The van der Waals surface area contributed by atoms with E-state index in [4.69, 9.17) is 0 Å². The van der Waals surface area contributed by atoms with Gasteiger partial charge in [-0.15, -0.1) is 0 Å². The van der Waals surface area contributed by atoms with E-state index in [-0.39, 0.29) is 5.41 Å². The van der Waals surface area contributed by atoms with Gasteiger partial charge in [0.15, 0.2) is 0 Å². The fourth-order valence-corrected chi connectivity index (χ4v) is 5.23. The van der Waals surface area contributed by atoms with Gasteiger partial charge in [-0.3, -0.25) is 4.79 Å². The quantitative estimate of drug-likeness (QED) is 0.659. The van der Waals surface area contributed by atoms with Gasteiger partial charge in [-0.05, 0) is 50.4 Å². The van der Waals surface area contributed by atoms with Crippen molar-refractivity contribution in [2.24, 2.45) is 23.2 Å². The molecule has 0 aromatic carbocycles.